The molecule has 1 aromatic heterocycles. The van der Waals surface area contributed by atoms with Crippen LogP contribution < -0.4 is 5.73 Å². The van der Waals surface area contributed by atoms with Crippen molar-refractivity contribution in [1.82, 2.24) is 4.98 Å². The Balaban J connectivity index is 2.78. The predicted molar refractivity (Wildman–Crippen MR) is 52.5 cm³/mol. The molecule has 1 atom stereocenters. The van der Waals surface area contributed by atoms with Crippen molar-refractivity contribution in [2.45, 2.75) is 19.9 Å². The number of aromatic nitrogens is 1. The summed E-state index contributed by atoms with van der Waals surface area (Å²) in [6.45, 7) is 3.92. The van der Waals surface area contributed by atoms with Crippen LogP contribution in [0.2, 0.25) is 0 Å². The van der Waals surface area contributed by atoms with Gasteiger partial charge in [0.05, 0.1) is 12.3 Å². The minimum Gasteiger partial charge on any atom is -0.465 e. The number of carbonyl (C=O) groups is 1. The Hall–Kier alpha value is -1.42. The monoisotopic (exact) mass is 194 g/mol. The molecule has 0 aliphatic carbocycles. The van der Waals surface area contributed by atoms with Crippen molar-refractivity contribution in [1.29, 1.82) is 0 Å². The van der Waals surface area contributed by atoms with E-state index in [1.54, 1.807) is 13.0 Å². The molecule has 1 rings (SSSR count). The number of esters is 1. The third-order valence-electron chi connectivity index (χ3n) is 1.77. The third kappa shape index (κ3) is 2.53. The topological polar surface area (TPSA) is 65.2 Å². The average molecular weight is 194 g/mol. The lowest BCUT2D eigenvalue weighted by Gasteiger charge is -2.09. The zero-order chi connectivity index (χ0) is 10.6. The number of hydrogen-bond acceptors (Lipinski definition) is 4. The summed E-state index contributed by atoms with van der Waals surface area (Å²) < 4.78 is 4.79. The molecule has 1 aromatic rings. The third-order valence-corrected chi connectivity index (χ3v) is 1.77. The second kappa shape index (κ2) is 4.72. The molecular formula is C10H14N2O2. The molecule has 2 N–H and O–H groups in total. The Kier molecular flexibility index (Phi) is 3.59. The van der Waals surface area contributed by atoms with Crippen molar-refractivity contribution in [2.75, 3.05) is 6.61 Å². The molecular weight excluding hydrogens is 180 g/mol. The van der Waals surface area contributed by atoms with E-state index < -0.39 is 12.0 Å². The zero-order valence-electron chi connectivity index (χ0n) is 8.36. The number of aryl methyl sites for hydroxylation is 1. The minimum absolute atomic E-state index is 0.332. The molecule has 4 heteroatoms. The molecule has 1 heterocycles. The number of ether oxygens (including phenoxy) is 1. The largest absolute Gasteiger partial charge is 0.465 e. The van der Waals surface area contributed by atoms with Gasteiger partial charge in [0.2, 0.25) is 0 Å². The van der Waals surface area contributed by atoms with E-state index in [0.717, 1.165) is 5.69 Å². The standard InChI is InChI=1S/C10H14N2O2/c1-3-14-10(13)9(11)8-6-4-5-7(2)12-8/h4-6,9H,3,11H2,1-2H3. The molecule has 0 bridgehead atoms. The van der Waals surface area contributed by atoms with Crippen molar-refractivity contribution >= 4 is 5.97 Å². The molecule has 4 nitrogen and oxygen atoms in total. The minimum atomic E-state index is -0.783. The molecule has 0 saturated carbocycles. The SMILES string of the molecule is CCOC(=O)C(N)c1cccc(C)n1. The molecule has 0 aromatic carbocycles. The number of pyridine rings is 1. The molecule has 76 valence electrons. The summed E-state index contributed by atoms with van der Waals surface area (Å²) in [6.07, 6.45) is 0. The maximum Gasteiger partial charge on any atom is 0.329 e. The van der Waals surface area contributed by atoms with Crippen molar-refractivity contribution < 1.29 is 9.53 Å². The van der Waals surface area contributed by atoms with Crippen LogP contribution >= 0.6 is 0 Å². The second-order valence-corrected chi connectivity index (χ2v) is 2.93. The van der Waals surface area contributed by atoms with E-state index in [-0.39, 0.29) is 0 Å². The number of carbonyl (C=O) groups excluding carboxylic acids is 1. The number of hydrogen-bond donors (Lipinski definition) is 1. The van der Waals surface area contributed by atoms with Gasteiger partial charge in [0.25, 0.3) is 0 Å². The summed E-state index contributed by atoms with van der Waals surface area (Å²) in [6, 6.07) is 4.60. The second-order valence-electron chi connectivity index (χ2n) is 2.93. The van der Waals surface area contributed by atoms with Crippen molar-refractivity contribution in [3.05, 3.63) is 29.6 Å². The first-order valence-electron chi connectivity index (χ1n) is 4.51. The predicted octanol–water partition coefficient (Wildman–Crippen LogP) is 0.953. The number of nitrogens with zero attached hydrogens (tertiary/aromatic N) is 1. The highest BCUT2D eigenvalue weighted by Gasteiger charge is 2.17. The van der Waals surface area contributed by atoms with Crippen LogP contribution in [0.4, 0.5) is 0 Å². The van der Waals surface area contributed by atoms with Gasteiger partial charge in [0.1, 0.15) is 6.04 Å². The summed E-state index contributed by atoms with van der Waals surface area (Å²) in [5.74, 6) is -0.439. The van der Waals surface area contributed by atoms with Crippen LogP contribution in [-0.2, 0) is 9.53 Å². The van der Waals surface area contributed by atoms with Crippen LogP contribution in [-0.4, -0.2) is 17.6 Å². The molecule has 0 aliphatic rings. The molecule has 0 spiro atoms. The van der Waals surface area contributed by atoms with E-state index in [9.17, 15) is 4.79 Å². The van der Waals surface area contributed by atoms with Gasteiger partial charge in [0.15, 0.2) is 0 Å². The first-order chi connectivity index (χ1) is 6.65. The van der Waals surface area contributed by atoms with Gasteiger partial charge in [-0.25, -0.2) is 4.79 Å². The van der Waals surface area contributed by atoms with Gasteiger partial charge in [-0.05, 0) is 26.0 Å². The molecule has 0 saturated heterocycles. The molecule has 0 aliphatic heterocycles. The summed E-state index contributed by atoms with van der Waals surface area (Å²) in [7, 11) is 0. The first-order valence-corrected chi connectivity index (χ1v) is 4.51. The van der Waals surface area contributed by atoms with Crippen LogP contribution in [0, 0.1) is 6.92 Å². The van der Waals surface area contributed by atoms with E-state index in [1.807, 2.05) is 19.1 Å². The van der Waals surface area contributed by atoms with Crippen LogP contribution in [0.1, 0.15) is 24.4 Å². The Morgan fingerprint density at radius 2 is 2.36 bits per heavy atom. The highest BCUT2D eigenvalue weighted by molar-refractivity contribution is 5.76. The van der Waals surface area contributed by atoms with E-state index in [1.165, 1.54) is 0 Å². The molecule has 0 radical (unpaired) electrons. The molecule has 14 heavy (non-hydrogen) atoms. The average Bonchev–Trinajstić information content (AvgIpc) is 2.17. The maximum atomic E-state index is 11.3. The summed E-state index contributed by atoms with van der Waals surface area (Å²) in [5.41, 5.74) is 7.04. The van der Waals surface area contributed by atoms with Crippen LogP contribution in [0.25, 0.3) is 0 Å². The Morgan fingerprint density at radius 1 is 1.64 bits per heavy atom. The zero-order valence-corrected chi connectivity index (χ0v) is 8.36. The lowest BCUT2D eigenvalue weighted by molar-refractivity contribution is -0.144. The summed E-state index contributed by atoms with van der Waals surface area (Å²) in [5, 5.41) is 0. The van der Waals surface area contributed by atoms with Crippen LogP contribution in [0.15, 0.2) is 18.2 Å². The highest BCUT2D eigenvalue weighted by Crippen LogP contribution is 2.09. The van der Waals surface area contributed by atoms with Crippen molar-refractivity contribution in [3.63, 3.8) is 0 Å². The van der Waals surface area contributed by atoms with E-state index in [4.69, 9.17) is 10.5 Å². The van der Waals surface area contributed by atoms with Crippen LogP contribution in [0.3, 0.4) is 0 Å². The van der Waals surface area contributed by atoms with E-state index >= 15 is 0 Å². The van der Waals surface area contributed by atoms with E-state index in [0.29, 0.717) is 12.3 Å². The van der Waals surface area contributed by atoms with Gasteiger partial charge >= 0.3 is 5.97 Å². The normalized spacial score (nSPS) is 12.2. The number of rotatable bonds is 3. The molecule has 1 unspecified atom stereocenters. The van der Waals surface area contributed by atoms with Gasteiger partial charge in [0, 0.05) is 5.69 Å². The lowest BCUT2D eigenvalue weighted by atomic mass is 10.2. The van der Waals surface area contributed by atoms with Crippen molar-refractivity contribution in [3.8, 4) is 0 Å². The van der Waals surface area contributed by atoms with Gasteiger partial charge in [-0.3, -0.25) is 4.98 Å². The van der Waals surface area contributed by atoms with Gasteiger partial charge < -0.3 is 10.5 Å². The lowest BCUT2D eigenvalue weighted by Crippen LogP contribution is -2.24. The maximum absolute atomic E-state index is 11.3. The quantitative estimate of drug-likeness (QED) is 0.727. The molecule has 0 fully saturated rings. The van der Waals surface area contributed by atoms with Crippen molar-refractivity contribution in [2.24, 2.45) is 5.73 Å². The fourth-order valence-electron chi connectivity index (χ4n) is 1.09. The Labute approximate surface area is 83.1 Å². The van der Waals surface area contributed by atoms with E-state index in [2.05, 4.69) is 4.98 Å². The smallest absolute Gasteiger partial charge is 0.329 e. The Morgan fingerprint density at radius 3 is 2.93 bits per heavy atom. The fraction of sp³-hybridized carbons (Fsp3) is 0.400. The number of nitrogens with two attached hydrogens (primary N) is 1. The highest BCUT2D eigenvalue weighted by atomic mass is 16.5. The van der Waals surface area contributed by atoms with Gasteiger partial charge in [-0.15, -0.1) is 0 Å². The van der Waals surface area contributed by atoms with Crippen LogP contribution in [0.5, 0.6) is 0 Å². The van der Waals surface area contributed by atoms with Gasteiger partial charge in [-0.2, -0.15) is 0 Å². The van der Waals surface area contributed by atoms with Gasteiger partial charge in [-0.1, -0.05) is 6.07 Å². The first kappa shape index (κ1) is 10.7. The summed E-state index contributed by atoms with van der Waals surface area (Å²) in [4.78, 5) is 15.4. The summed E-state index contributed by atoms with van der Waals surface area (Å²) >= 11 is 0. The Bertz CT molecular complexity index is 326. The fourth-order valence-corrected chi connectivity index (χ4v) is 1.09. The molecule has 0 amide bonds.